The van der Waals surface area contributed by atoms with Crippen molar-refractivity contribution in [2.45, 2.75) is 58.5 Å². The Balaban J connectivity index is 1.63. The third kappa shape index (κ3) is 3.99. The van der Waals surface area contributed by atoms with Crippen LogP contribution >= 0.6 is 11.3 Å². The summed E-state index contributed by atoms with van der Waals surface area (Å²) >= 11 is 1.62. The van der Waals surface area contributed by atoms with Gasteiger partial charge in [0.25, 0.3) is 0 Å². The van der Waals surface area contributed by atoms with Crippen LogP contribution in [-0.4, -0.2) is 38.2 Å². The lowest BCUT2D eigenvalue weighted by atomic mass is 10.0. The maximum absolute atomic E-state index is 12.7. The molecule has 23 heavy (non-hydrogen) atoms. The van der Waals surface area contributed by atoms with Gasteiger partial charge in [0, 0.05) is 36.7 Å². The molecule has 1 unspecified atom stereocenters. The number of rotatable bonds is 5. The van der Waals surface area contributed by atoms with Crippen molar-refractivity contribution in [1.29, 1.82) is 0 Å². The zero-order valence-electron chi connectivity index (χ0n) is 13.9. The van der Waals surface area contributed by atoms with Gasteiger partial charge in [-0.25, -0.2) is 4.98 Å². The van der Waals surface area contributed by atoms with E-state index in [0.717, 1.165) is 43.1 Å². The van der Waals surface area contributed by atoms with E-state index in [1.54, 1.807) is 17.5 Å². The molecule has 5 nitrogen and oxygen atoms in total. The molecule has 6 heteroatoms. The molecular formula is C17H24N4OS. The molecule has 1 atom stereocenters. The zero-order chi connectivity index (χ0) is 16.2. The first kappa shape index (κ1) is 16.2. The topological polar surface area (TPSA) is 51.0 Å². The molecule has 0 spiro atoms. The first-order valence-corrected chi connectivity index (χ1v) is 9.20. The van der Waals surface area contributed by atoms with E-state index in [0.29, 0.717) is 6.42 Å². The smallest absolute Gasteiger partial charge is 0.223 e. The van der Waals surface area contributed by atoms with E-state index in [-0.39, 0.29) is 11.9 Å². The number of aryl methyl sites for hydroxylation is 3. The van der Waals surface area contributed by atoms with Crippen molar-refractivity contribution in [2.24, 2.45) is 0 Å². The molecule has 0 aliphatic carbocycles. The number of amides is 1. The Labute approximate surface area is 141 Å². The van der Waals surface area contributed by atoms with Gasteiger partial charge in [0.2, 0.25) is 5.91 Å². The standard InChI is InChI=1S/C17H24N4OS/c1-13-11-14(2)21(19-13)12-15-5-3-4-9-20(15)17(22)7-6-16-18-8-10-23-16/h8,10-11,15H,3-7,9,12H2,1-2H3. The zero-order valence-corrected chi connectivity index (χ0v) is 14.7. The summed E-state index contributed by atoms with van der Waals surface area (Å²) in [5.74, 6) is 0.256. The van der Waals surface area contributed by atoms with Crippen molar-refractivity contribution >= 4 is 17.2 Å². The van der Waals surface area contributed by atoms with Gasteiger partial charge in [0.1, 0.15) is 0 Å². The van der Waals surface area contributed by atoms with Crippen LogP contribution in [0.2, 0.25) is 0 Å². The average Bonchev–Trinajstić information content (AvgIpc) is 3.15. The van der Waals surface area contributed by atoms with E-state index in [1.807, 2.05) is 17.0 Å². The summed E-state index contributed by atoms with van der Waals surface area (Å²) in [6, 6.07) is 2.36. The number of thiazole rings is 1. The lowest BCUT2D eigenvalue weighted by Gasteiger charge is -2.36. The van der Waals surface area contributed by atoms with E-state index < -0.39 is 0 Å². The van der Waals surface area contributed by atoms with Gasteiger partial charge in [0.05, 0.1) is 23.3 Å². The molecule has 2 aromatic heterocycles. The molecule has 0 radical (unpaired) electrons. The Morgan fingerprint density at radius 2 is 2.26 bits per heavy atom. The van der Waals surface area contributed by atoms with E-state index in [1.165, 1.54) is 12.1 Å². The number of aromatic nitrogens is 3. The van der Waals surface area contributed by atoms with Crippen LogP contribution < -0.4 is 0 Å². The lowest BCUT2D eigenvalue weighted by Crippen LogP contribution is -2.46. The van der Waals surface area contributed by atoms with E-state index in [2.05, 4.69) is 28.0 Å². The minimum Gasteiger partial charge on any atom is -0.338 e. The van der Waals surface area contributed by atoms with Gasteiger partial charge in [-0.15, -0.1) is 11.3 Å². The van der Waals surface area contributed by atoms with E-state index >= 15 is 0 Å². The summed E-state index contributed by atoms with van der Waals surface area (Å²) in [5, 5.41) is 7.57. The molecule has 3 rings (SSSR count). The van der Waals surface area contributed by atoms with Crippen LogP contribution in [-0.2, 0) is 17.8 Å². The predicted octanol–water partition coefficient (Wildman–Crippen LogP) is 2.97. The Hall–Kier alpha value is -1.69. The van der Waals surface area contributed by atoms with Crippen LogP contribution in [0.3, 0.4) is 0 Å². The lowest BCUT2D eigenvalue weighted by molar-refractivity contribution is -0.135. The minimum absolute atomic E-state index is 0.256. The number of piperidine rings is 1. The molecule has 0 N–H and O–H groups in total. The number of hydrogen-bond acceptors (Lipinski definition) is 4. The van der Waals surface area contributed by atoms with Crippen molar-refractivity contribution in [3.05, 3.63) is 34.0 Å². The van der Waals surface area contributed by atoms with Crippen LogP contribution in [0, 0.1) is 13.8 Å². The molecule has 3 heterocycles. The highest BCUT2D eigenvalue weighted by molar-refractivity contribution is 7.09. The quantitative estimate of drug-likeness (QED) is 0.846. The molecule has 1 fully saturated rings. The summed E-state index contributed by atoms with van der Waals surface area (Å²) < 4.78 is 2.05. The van der Waals surface area contributed by atoms with Crippen molar-refractivity contribution in [3.63, 3.8) is 0 Å². The van der Waals surface area contributed by atoms with Crippen LogP contribution in [0.25, 0.3) is 0 Å². The van der Waals surface area contributed by atoms with Crippen LogP contribution in [0.5, 0.6) is 0 Å². The summed E-state index contributed by atoms with van der Waals surface area (Å²) in [4.78, 5) is 19.0. The predicted molar refractivity (Wildman–Crippen MR) is 91.5 cm³/mol. The SMILES string of the molecule is Cc1cc(C)n(CC2CCCCN2C(=O)CCc2nccs2)n1. The van der Waals surface area contributed by atoms with Gasteiger partial charge in [-0.1, -0.05) is 0 Å². The Bertz CT molecular complexity index is 650. The fourth-order valence-electron chi connectivity index (χ4n) is 3.31. The molecule has 0 aromatic carbocycles. The summed E-state index contributed by atoms with van der Waals surface area (Å²) in [6.07, 6.45) is 6.48. The molecule has 0 bridgehead atoms. The summed E-state index contributed by atoms with van der Waals surface area (Å²) in [7, 11) is 0. The Morgan fingerprint density at radius 3 is 2.96 bits per heavy atom. The normalized spacial score (nSPS) is 18.3. The van der Waals surface area contributed by atoms with Crippen molar-refractivity contribution in [1.82, 2.24) is 19.7 Å². The molecule has 1 saturated heterocycles. The van der Waals surface area contributed by atoms with Crippen molar-refractivity contribution in [3.8, 4) is 0 Å². The van der Waals surface area contributed by atoms with Crippen molar-refractivity contribution < 1.29 is 4.79 Å². The molecular weight excluding hydrogens is 308 g/mol. The maximum atomic E-state index is 12.7. The number of hydrogen-bond donors (Lipinski definition) is 0. The monoisotopic (exact) mass is 332 g/mol. The summed E-state index contributed by atoms with van der Waals surface area (Å²) in [6.45, 7) is 5.78. The first-order valence-electron chi connectivity index (χ1n) is 8.32. The first-order chi connectivity index (χ1) is 11.1. The second kappa shape index (κ2) is 7.25. The highest BCUT2D eigenvalue weighted by atomic mass is 32.1. The molecule has 1 amide bonds. The van der Waals surface area contributed by atoms with Gasteiger partial charge >= 0.3 is 0 Å². The Morgan fingerprint density at radius 1 is 1.39 bits per heavy atom. The third-order valence-electron chi connectivity index (χ3n) is 4.47. The largest absolute Gasteiger partial charge is 0.338 e. The number of carbonyl (C=O) groups is 1. The van der Waals surface area contributed by atoms with Crippen molar-refractivity contribution in [2.75, 3.05) is 6.54 Å². The van der Waals surface area contributed by atoms with Gasteiger partial charge in [-0.05, 0) is 39.2 Å². The van der Waals surface area contributed by atoms with E-state index in [9.17, 15) is 4.79 Å². The van der Waals surface area contributed by atoms with E-state index in [4.69, 9.17) is 0 Å². The number of nitrogens with zero attached hydrogens (tertiary/aromatic N) is 4. The molecule has 2 aromatic rings. The van der Waals surface area contributed by atoms with Crippen LogP contribution in [0.1, 0.15) is 42.1 Å². The number of likely N-dealkylation sites (tertiary alicyclic amines) is 1. The van der Waals surface area contributed by atoms with Crippen LogP contribution in [0.4, 0.5) is 0 Å². The fraction of sp³-hybridized carbons (Fsp3) is 0.588. The highest BCUT2D eigenvalue weighted by Gasteiger charge is 2.27. The molecule has 1 aliphatic heterocycles. The second-order valence-corrected chi connectivity index (χ2v) is 7.25. The van der Waals surface area contributed by atoms with Crippen LogP contribution in [0.15, 0.2) is 17.6 Å². The number of carbonyl (C=O) groups excluding carboxylic acids is 1. The maximum Gasteiger partial charge on any atom is 0.223 e. The molecule has 124 valence electrons. The summed E-state index contributed by atoms with van der Waals surface area (Å²) in [5.41, 5.74) is 2.21. The molecule has 1 aliphatic rings. The van der Waals surface area contributed by atoms with Gasteiger partial charge in [-0.2, -0.15) is 5.10 Å². The average molecular weight is 332 g/mol. The van der Waals surface area contributed by atoms with Gasteiger partial charge < -0.3 is 4.90 Å². The Kier molecular flexibility index (Phi) is 5.10. The fourth-order valence-corrected chi connectivity index (χ4v) is 3.93. The minimum atomic E-state index is 0.256. The van der Waals surface area contributed by atoms with Gasteiger partial charge in [0.15, 0.2) is 0 Å². The third-order valence-corrected chi connectivity index (χ3v) is 5.31. The second-order valence-electron chi connectivity index (χ2n) is 6.27. The molecule has 0 saturated carbocycles. The highest BCUT2D eigenvalue weighted by Crippen LogP contribution is 2.21. The van der Waals surface area contributed by atoms with Gasteiger partial charge in [-0.3, -0.25) is 9.48 Å².